The zero-order valence-electron chi connectivity index (χ0n) is 36.2. The van der Waals surface area contributed by atoms with Crippen molar-refractivity contribution >= 4 is 49.2 Å². The van der Waals surface area contributed by atoms with Gasteiger partial charge in [0.25, 0.3) is 0 Å². The molecule has 0 bridgehead atoms. The summed E-state index contributed by atoms with van der Waals surface area (Å²) in [4.78, 5) is 3.00. The van der Waals surface area contributed by atoms with Gasteiger partial charge in [0.1, 0.15) is 0 Å². The van der Waals surface area contributed by atoms with Crippen molar-refractivity contribution < 1.29 is 31.1 Å². The smallest absolute Gasteiger partial charge is 0.654 e. The number of aryl methyl sites for hydroxylation is 8. The second-order valence-corrected chi connectivity index (χ2v) is 23.0. The molecule has 4 aromatic carbocycles. The van der Waals surface area contributed by atoms with Crippen molar-refractivity contribution in [2.75, 3.05) is 0 Å². The third-order valence-electron chi connectivity index (χ3n) is 9.15. The Hall–Kier alpha value is -2.99. The molecule has 0 aliphatic carbocycles. The van der Waals surface area contributed by atoms with Gasteiger partial charge in [-0.25, -0.2) is 0 Å². The average molecular weight is 1010 g/mol. The minimum atomic E-state index is -0.654. The fourth-order valence-corrected chi connectivity index (χ4v) is 14.3. The van der Waals surface area contributed by atoms with Crippen LogP contribution in [-0.4, -0.2) is 22.6 Å². The summed E-state index contributed by atoms with van der Waals surface area (Å²) in [5.74, 6) is 0. The summed E-state index contributed by atoms with van der Waals surface area (Å²) in [6.45, 7) is 36.3. The van der Waals surface area contributed by atoms with Crippen molar-refractivity contribution in [2.45, 2.75) is 133 Å². The van der Waals surface area contributed by atoms with Gasteiger partial charge in [-0.3, -0.25) is 9.82 Å². The van der Waals surface area contributed by atoms with Crippen molar-refractivity contribution in [3.8, 4) is 0 Å². The van der Waals surface area contributed by atoms with E-state index in [0.717, 1.165) is 11.4 Å². The summed E-state index contributed by atoms with van der Waals surface area (Å²) in [5, 5.41) is 13.2. The molecule has 0 saturated carbocycles. The van der Waals surface area contributed by atoms with Gasteiger partial charge >= 0.3 is 31.1 Å². The second kappa shape index (κ2) is 25.3. The molecule has 292 valence electrons. The Morgan fingerprint density at radius 1 is 0.418 bits per heavy atom. The first kappa shape index (κ1) is 52.0. The van der Waals surface area contributed by atoms with E-state index in [-0.39, 0.29) is 31.1 Å². The van der Waals surface area contributed by atoms with Gasteiger partial charge < -0.3 is 32.8 Å². The molecule has 4 aromatic rings. The summed E-state index contributed by atoms with van der Waals surface area (Å²) in [7, 11) is -1.31. The molecule has 0 aliphatic rings. The molecule has 0 aliphatic heterocycles. The van der Waals surface area contributed by atoms with Gasteiger partial charge in [0.05, 0.1) is 33.2 Å². The number of rotatable bonds is 10. The monoisotopic (exact) mass is 1000 g/mol. The van der Waals surface area contributed by atoms with Crippen molar-refractivity contribution in [1.29, 1.82) is 0 Å². The first-order valence-corrected chi connectivity index (χ1v) is 22.1. The van der Waals surface area contributed by atoms with E-state index in [1.165, 1.54) is 76.3 Å². The molecule has 55 heavy (non-hydrogen) atoms. The van der Waals surface area contributed by atoms with Gasteiger partial charge in [-0.15, -0.1) is 11.4 Å². The van der Waals surface area contributed by atoms with Crippen molar-refractivity contribution in [3.05, 3.63) is 148 Å². The van der Waals surface area contributed by atoms with Crippen LogP contribution in [0.1, 0.15) is 99.9 Å². The molecular weight excluding hydrogens is 941 g/mol. The van der Waals surface area contributed by atoms with E-state index in [9.17, 15) is 0 Å². The van der Waals surface area contributed by atoms with E-state index in [4.69, 9.17) is 32.8 Å². The molecule has 0 unspecified atom stereocenters. The molecule has 4 rings (SSSR count). The Kier molecular flexibility index (Phi) is 23.9. The molecule has 0 atom stereocenters. The maximum atomic E-state index is 6.75. The Bertz CT molecular complexity index is 1690. The van der Waals surface area contributed by atoms with E-state index < -0.39 is 15.8 Å². The summed E-state index contributed by atoms with van der Waals surface area (Å²) < 4.78 is 0. The van der Waals surface area contributed by atoms with E-state index in [1.807, 2.05) is 0 Å². The van der Waals surface area contributed by atoms with Crippen LogP contribution < -0.4 is 10.6 Å². The predicted octanol–water partition coefficient (Wildman–Crippen LogP) is 15.6. The summed E-state index contributed by atoms with van der Waals surface area (Å²) >= 11 is 0. The Morgan fingerprint density at radius 3 is 0.873 bits per heavy atom. The molecule has 0 spiro atoms. The van der Waals surface area contributed by atoms with Crippen molar-refractivity contribution in [2.24, 2.45) is 0 Å². The van der Waals surface area contributed by atoms with Gasteiger partial charge in [0, 0.05) is 15.8 Å². The molecule has 8 nitrogen and oxygen atoms in total. The Balaban J connectivity index is 0.000000913. The molecule has 0 N–H and O–H groups in total. The van der Waals surface area contributed by atoms with Crippen LogP contribution in [0.2, 0.25) is 0 Å². The number of hydrogen-bond donors (Lipinski definition) is 0. The molecule has 0 saturated heterocycles. The topological polar surface area (TPSA) is 146 Å². The molecule has 0 aromatic heterocycles. The molecule has 0 fully saturated rings. The molecule has 0 radical (unpaired) electrons. The minimum absolute atomic E-state index is 0. The third kappa shape index (κ3) is 16.2. The van der Waals surface area contributed by atoms with Gasteiger partial charge in [0.2, 0.25) is 0 Å². The largest absolute Gasteiger partial charge is 4.00 e. The first-order valence-electron chi connectivity index (χ1n) is 18.8. The van der Waals surface area contributed by atoms with Crippen LogP contribution in [0.3, 0.4) is 0 Å². The minimum Gasteiger partial charge on any atom is -0.654 e. The Labute approximate surface area is 359 Å². The van der Waals surface area contributed by atoms with Crippen molar-refractivity contribution in [1.82, 2.24) is 0 Å². The van der Waals surface area contributed by atoms with Gasteiger partial charge in [-0.2, -0.15) is 0 Å². The van der Waals surface area contributed by atoms with Gasteiger partial charge in [0.15, 0.2) is 0 Å². The second-order valence-electron chi connectivity index (χ2n) is 15.5. The average Bonchev–Trinajstić information content (AvgIpc) is 3.03. The molecular formula is C44H64N8P2U+2. The normalized spacial score (nSPS) is 10.4. The third-order valence-corrected chi connectivity index (χ3v) is 16.2. The zero-order valence-corrected chi connectivity index (χ0v) is 42.3. The van der Waals surface area contributed by atoms with Crippen molar-refractivity contribution in [3.63, 3.8) is 0 Å². The van der Waals surface area contributed by atoms with Crippen LogP contribution in [0, 0.1) is 86.5 Å². The maximum absolute atomic E-state index is 6.75. The van der Waals surface area contributed by atoms with E-state index in [0.29, 0.717) is 22.6 Å². The maximum Gasteiger partial charge on any atom is 4.00 e. The van der Waals surface area contributed by atoms with E-state index in [1.54, 1.807) is 0 Å². The van der Waals surface area contributed by atoms with Crippen LogP contribution in [0.25, 0.3) is 42.6 Å². The molecule has 11 heteroatoms. The Morgan fingerprint density at radius 2 is 0.655 bits per heavy atom. The van der Waals surface area contributed by atoms with Gasteiger partial charge in [-0.05, 0) is 134 Å². The van der Waals surface area contributed by atoms with Crippen LogP contribution >= 0.6 is 15.8 Å². The van der Waals surface area contributed by atoms with E-state index >= 15 is 0 Å². The number of hydrogen-bond acceptors (Lipinski definition) is 0. The molecule has 0 amide bonds. The summed E-state index contributed by atoms with van der Waals surface area (Å²) in [5.41, 5.74) is 44.8. The zero-order chi connectivity index (χ0) is 41.4. The predicted molar refractivity (Wildman–Crippen MR) is 246 cm³/mol. The quantitative estimate of drug-likeness (QED) is 0.0645. The number of benzene rings is 4. The summed E-state index contributed by atoms with van der Waals surface area (Å²) in [6.07, 6.45) is 0. The van der Waals surface area contributed by atoms with Gasteiger partial charge in [-0.1, -0.05) is 93.3 Å². The summed E-state index contributed by atoms with van der Waals surface area (Å²) in [6, 6.07) is 22.5. The fraction of sp³-hybridized carbons (Fsp3) is 0.455. The fourth-order valence-electron chi connectivity index (χ4n) is 7.47. The standard InChI is InChI=1S/2C22H31NP.2N3.U/c2*1-14(2)24(15(3)4)21-13-16(5)9-10-20(21)23-22-18(7)11-17(6)12-19(22)8;2*1-3-2;/h2*9-15H,1-8H3;;;/q4*-1;+4/p+2. The first-order chi connectivity index (χ1) is 25.2. The van der Waals surface area contributed by atoms with Crippen LogP contribution in [0.4, 0.5) is 22.7 Å². The number of nitrogens with zero attached hydrogens (tertiary/aromatic N) is 8. The molecule has 0 heterocycles. The van der Waals surface area contributed by atoms with E-state index in [2.05, 4.69) is 171 Å². The SMILES string of the molecule is Cc1cc(C)c([N-]c2ccc(C)cc2[PH+](C(C)C)C(C)C)c(C)c1.Cc1cc(C)c([N-]c2ccc(C)cc2[PH+](C(C)C)C(C)C)c(C)c1.[N-]=[N+]=[N-].[N-]=[N+]=[N-].[U+4]. The van der Waals surface area contributed by atoms with Crippen LogP contribution in [-0.2, 0) is 0 Å². The van der Waals surface area contributed by atoms with Crippen LogP contribution in [0.5, 0.6) is 0 Å². The van der Waals surface area contributed by atoms with Crippen LogP contribution in [0.15, 0.2) is 60.7 Å².